The van der Waals surface area contributed by atoms with Crippen LogP contribution in [0.5, 0.6) is 0 Å². The topological polar surface area (TPSA) is 93.4 Å². The number of amides is 3. The van der Waals surface area contributed by atoms with Gasteiger partial charge in [-0.1, -0.05) is 50.1 Å². The number of anilines is 1. The van der Waals surface area contributed by atoms with Gasteiger partial charge in [-0.25, -0.2) is 4.68 Å². The molecule has 1 aromatic carbocycles. The molecule has 10 heteroatoms. The van der Waals surface area contributed by atoms with E-state index in [9.17, 15) is 19.2 Å². The molecule has 1 aliphatic carbocycles. The van der Waals surface area contributed by atoms with Gasteiger partial charge in [0.2, 0.25) is 17.7 Å². The van der Waals surface area contributed by atoms with E-state index in [2.05, 4.69) is 37.2 Å². The maximum atomic E-state index is 13.0. The van der Waals surface area contributed by atoms with Crippen molar-refractivity contribution in [3.63, 3.8) is 0 Å². The smallest absolute Gasteiger partial charge is 0.295 e. The number of fused-ring (bicyclic) bond motifs is 1. The van der Waals surface area contributed by atoms with E-state index in [1.54, 1.807) is 30.8 Å². The van der Waals surface area contributed by atoms with Crippen molar-refractivity contribution in [2.45, 2.75) is 29.4 Å². The van der Waals surface area contributed by atoms with Crippen molar-refractivity contribution in [2.75, 3.05) is 11.9 Å². The predicted octanol–water partition coefficient (Wildman–Crippen LogP) is 2.34. The molecule has 31 heavy (non-hydrogen) atoms. The van der Waals surface area contributed by atoms with Crippen LogP contribution >= 0.6 is 31.9 Å². The van der Waals surface area contributed by atoms with E-state index in [1.807, 2.05) is 18.2 Å². The molecule has 4 atom stereocenters. The Morgan fingerprint density at radius 1 is 1.03 bits per heavy atom. The maximum Gasteiger partial charge on any atom is 0.295 e. The van der Waals surface area contributed by atoms with Crippen LogP contribution in [-0.2, 0) is 21.4 Å². The second-order valence-electron chi connectivity index (χ2n) is 7.96. The van der Waals surface area contributed by atoms with Crippen LogP contribution in [0, 0.1) is 18.8 Å². The van der Waals surface area contributed by atoms with E-state index in [-0.39, 0.29) is 32.7 Å². The van der Waals surface area contributed by atoms with Gasteiger partial charge in [0.25, 0.3) is 5.56 Å². The molecule has 1 saturated heterocycles. The Bertz CT molecular complexity index is 1080. The summed E-state index contributed by atoms with van der Waals surface area (Å²) in [5.74, 6) is -2.03. The van der Waals surface area contributed by atoms with Crippen LogP contribution in [-0.4, -0.2) is 48.2 Å². The van der Waals surface area contributed by atoms with Crippen molar-refractivity contribution < 1.29 is 14.4 Å². The van der Waals surface area contributed by atoms with E-state index >= 15 is 0 Å². The van der Waals surface area contributed by atoms with Gasteiger partial charge in [-0.15, -0.1) is 0 Å². The number of nitrogens with one attached hydrogen (secondary N) is 1. The number of carbonyl (C=O) groups is 3. The molecule has 0 spiro atoms. The van der Waals surface area contributed by atoms with Gasteiger partial charge in [-0.05, 0) is 31.9 Å². The highest BCUT2D eigenvalue weighted by atomic mass is 79.9. The Morgan fingerprint density at radius 2 is 1.58 bits per heavy atom. The zero-order valence-electron chi connectivity index (χ0n) is 17.0. The van der Waals surface area contributed by atoms with Gasteiger partial charge in [0, 0.05) is 16.7 Å². The van der Waals surface area contributed by atoms with Crippen molar-refractivity contribution >= 4 is 55.3 Å². The number of para-hydroxylation sites is 1. The molecule has 0 bridgehead atoms. The van der Waals surface area contributed by atoms with Crippen molar-refractivity contribution in [3.05, 3.63) is 46.4 Å². The highest BCUT2D eigenvalue weighted by molar-refractivity contribution is 9.12. The summed E-state index contributed by atoms with van der Waals surface area (Å²) in [6.07, 6.45) is 1.09. The van der Waals surface area contributed by atoms with E-state index < -0.39 is 24.3 Å². The van der Waals surface area contributed by atoms with Crippen LogP contribution in [0.3, 0.4) is 0 Å². The van der Waals surface area contributed by atoms with Gasteiger partial charge in [-0.3, -0.25) is 28.8 Å². The van der Waals surface area contributed by atoms with Gasteiger partial charge in [0.1, 0.15) is 12.2 Å². The number of rotatable bonds is 4. The molecule has 2 fully saturated rings. The number of hydrogen-bond acceptors (Lipinski definition) is 4. The number of nitrogens with zero attached hydrogens (tertiary/aromatic N) is 3. The number of carbonyl (C=O) groups excluding carboxylic acids is 3. The highest BCUT2D eigenvalue weighted by Crippen LogP contribution is 2.43. The molecule has 2 aliphatic rings. The van der Waals surface area contributed by atoms with Gasteiger partial charge < -0.3 is 5.32 Å². The highest BCUT2D eigenvalue weighted by Gasteiger charge is 2.52. The molecule has 3 amide bonds. The van der Waals surface area contributed by atoms with Gasteiger partial charge in [-0.2, -0.15) is 0 Å². The first kappa shape index (κ1) is 22.0. The largest absolute Gasteiger partial charge is 0.318 e. The summed E-state index contributed by atoms with van der Waals surface area (Å²) in [6.45, 7) is 1.33. The second kappa shape index (κ2) is 8.38. The number of alkyl halides is 2. The molecule has 4 rings (SSSR count). The van der Waals surface area contributed by atoms with Gasteiger partial charge in [0.15, 0.2) is 0 Å². The minimum atomic E-state index is -0.572. The van der Waals surface area contributed by atoms with E-state index in [1.165, 1.54) is 4.68 Å². The third-order valence-electron chi connectivity index (χ3n) is 6.12. The molecule has 1 aromatic heterocycles. The normalized spacial score (nSPS) is 25.6. The van der Waals surface area contributed by atoms with Crippen molar-refractivity contribution in [1.82, 2.24) is 14.3 Å². The first-order chi connectivity index (χ1) is 14.7. The number of halogens is 2. The summed E-state index contributed by atoms with van der Waals surface area (Å²) >= 11 is 7.10. The van der Waals surface area contributed by atoms with Gasteiger partial charge >= 0.3 is 0 Å². The average molecular weight is 554 g/mol. The van der Waals surface area contributed by atoms with E-state index in [4.69, 9.17) is 0 Å². The lowest BCUT2D eigenvalue weighted by Crippen LogP contribution is -2.39. The first-order valence-electron chi connectivity index (χ1n) is 9.98. The number of likely N-dealkylation sites (tertiary alicyclic amines) is 1. The fourth-order valence-corrected chi connectivity index (χ4v) is 5.59. The van der Waals surface area contributed by atoms with Crippen LogP contribution in [0.15, 0.2) is 35.1 Å². The summed E-state index contributed by atoms with van der Waals surface area (Å²) in [5, 5.41) is 2.62. The summed E-state index contributed by atoms with van der Waals surface area (Å²) in [5.41, 5.74) is 0.992. The van der Waals surface area contributed by atoms with Crippen molar-refractivity contribution in [3.8, 4) is 5.69 Å². The third kappa shape index (κ3) is 3.80. The van der Waals surface area contributed by atoms with E-state index in [0.717, 1.165) is 4.90 Å². The molecule has 1 N–H and O–H groups in total. The molecule has 1 saturated carbocycles. The van der Waals surface area contributed by atoms with Crippen LogP contribution in [0.25, 0.3) is 5.69 Å². The predicted molar refractivity (Wildman–Crippen MR) is 123 cm³/mol. The number of aromatic nitrogens is 2. The Hall–Kier alpha value is -2.20. The lowest BCUT2D eigenvalue weighted by Gasteiger charge is -2.29. The standard InChI is InChI=1S/C21H22Br2N4O4/c1-11-18(21(31)27(25(11)2)12-6-4-3-5-7-12)24-17(28)10-26-19(29)13-8-15(22)16(23)9-14(13)20(26)30/h3-7,13-16H,8-10H2,1-2H3,(H,24,28)/t13-,14+,15-,16-/m0/s1. The lowest BCUT2D eigenvalue weighted by atomic mass is 9.81. The van der Waals surface area contributed by atoms with Crippen LogP contribution in [0.4, 0.5) is 5.69 Å². The first-order valence-corrected chi connectivity index (χ1v) is 11.8. The summed E-state index contributed by atoms with van der Waals surface area (Å²) in [6, 6.07) is 9.08. The minimum Gasteiger partial charge on any atom is -0.318 e. The minimum absolute atomic E-state index is 0.0997. The third-order valence-corrected chi connectivity index (χ3v) is 8.86. The zero-order valence-corrected chi connectivity index (χ0v) is 20.2. The molecule has 2 aromatic rings. The van der Waals surface area contributed by atoms with Crippen LogP contribution in [0.2, 0.25) is 0 Å². The Balaban J connectivity index is 1.53. The summed E-state index contributed by atoms with van der Waals surface area (Å²) < 4.78 is 3.11. The maximum absolute atomic E-state index is 13.0. The molecule has 0 radical (unpaired) electrons. The molecule has 2 heterocycles. The lowest BCUT2D eigenvalue weighted by molar-refractivity contribution is -0.142. The fraction of sp³-hybridized carbons (Fsp3) is 0.429. The molecular weight excluding hydrogens is 532 g/mol. The van der Waals surface area contributed by atoms with Crippen LogP contribution < -0.4 is 10.9 Å². The van der Waals surface area contributed by atoms with Crippen LogP contribution in [0.1, 0.15) is 18.5 Å². The monoisotopic (exact) mass is 552 g/mol. The SMILES string of the molecule is Cc1c(NC(=O)CN2C(=O)[C@H]3C[C@H](Br)[C@@H](Br)C[C@H]3C2=O)c(=O)n(-c2ccccc2)n1C. The molecular formula is C21H22Br2N4O4. The quantitative estimate of drug-likeness (QED) is 0.464. The Labute approximate surface area is 195 Å². The summed E-state index contributed by atoms with van der Waals surface area (Å²) in [7, 11) is 1.73. The number of benzene rings is 1. The average Bonchev–Trinajstić information content (AvgIpc) is 3.09. The van der Waals surface area contributed by atoms with Crippen molar-refractivity contribution in [1.29, 1.82) is 0 Å². The Kier molecular flexibility index (Phi) is 5.95. The molecule has 1 aliphatic heterocycles. The van der Waals surface area contributed by atoms with Gasteiger partial charge in [0.05, 0.1) is 23.2 Å². The summed E-state index contributed by atoms with van der Waals surface area (Å²) in [4.78, 5) is 52.5. The molecule has 164 valence electrons. The Morgan fingerprint density at radius 3 is 2.13 bits per heavy atom. The van der Waals surface area contributed by atoms with Crippen molar-refractivity contribution in [2.24, 2.45) is 18.9 Å². The second-order valence-corrected chi connectivity index (χ2v) is 10.3. The number of hydrogen-bond donors (Lipinski definition) is 1. The van der Waals surface area contributed by atoms with E-state index in [0.29, 0.717) is 24.2 Å². The molecule has 8 nitrogen and oxygen atoms in total. The zero-order chi connectivity index (χ0) is 22.4. The number of imide groups is 1. The molecule has 0 unspecified atom stereocenters. The fourth-order valence-electron chi connectivity index (χ4n) is 4.35.